The Bertz CT molecular complexity index is 751. The number of nitrogens with one attached hydrogen (secondary N) is 1. The predicted molar refractivity (Wildman–Crippen MR) is 87.1 cm³/mol. The lowest BCUT2D eigenvalue weighted by Gasteiger charge is -2.05. The van der Waals surface area contributed by atoms with Crippen LogP contribution in [0.25, 0.3) is 6.08 Å². The summed E-state index contributed by atoms with van der Waals surface area (Å²) in [6, 6.07) is 10.8. The van der Waals surface area contributed by atoms with Gasteiger partial charge in [0.25, 0.3) is 0 Å². The molecule has 1 N–H and O–H groups in total. The maximum Gasteiger partial charge on any atom is 0.221 e. The zero-order valence-electron chi connectivity index (χ0n) is 12.8. The smallest absolute Gasteiger partial charge is 0.221 e. The van der Waals surface area contributed by atoms with Gasteiger partial charge < -0.3 is 10.1 Å². The molecule has 1 amide bonds. The third kappa shape index (κ3) is 4.51. The number of ether oxygens (including phenoxy) is 1. The number of carbonyl (C=O) groups excluding carboxylic acids is 2. The molecule has 0 saturated carbocycles. The molecule has 0 unspecified atom stereocenters. The summed E-state index contributed by atoms with van der Waals surface area (Å²) in [5, 5.41) is 2.66. The highest BCUT2D eigenvalue weighted by Crippen LogP contribution is 2.20. The first-order valence-electron chi connectivity index (χ1n) is 6.93. The fourth-order valence-corrected chi connectivity index (χ4v) is 2.02. The fourth-order valence-electron chi connectivity index (χ4n) is 2.02. The van der Waals surface area contributed by atoms with Crippen LogP contribution in [0.2, 0.25) is 0 Å². The molecule has 23 heavy (non-hydrogen) atoms. The summed E-state index contributed by atoms with van der Waals surface area (Å²) in [4.78, 5) is 23.1. The first-order valence-corrected chi connectivity index (χ1v) is 6.93. The van der Waals surface area contributed by atoms with Gasteiger partial charge in [-0.15, -0.1) is 0 Å². The molecule has 0 heterocycles. The third-order valence-electron chi connectivity index (χ3n) is 3.09. The Kier molecular flexibility index (Phi) is 5.25. The van der Waals surface area contributed by atoms with Crippen LogP contribution in [0.4, 0.5) is 10.1 Å². The number of methoxy groups -OCH3 is 1. The fraction of sp³-hybridized carbons (Fsp3) is 0.111. The van der Waals surface area contributed by atoms with Crippen molar-refractivity contribution in [2.24, 2.45) is 0 Å². The van der Waals surface area contributed by atoms with Crippen molar-refractivity contribution in [3.05, 3.63) is 65.5 Å². The van der Waals surface area contributed by atoms with Crippen molar-refractivity contribution in [1.29, 1.82) is 0 Å². The molecule has 0 spiro atoms. The average molecular weight is 313 g/mol. The minimum Gasteiger partial charge on any atom is -0.496 e. The molecule has 118 valence electrons. The number of benzene rings is 2. The van der Waals surface area contributed by atoms with Gasteiger partial charge in [-0.25, -0.2) is 4.39 Å². The van der Waals surface area contributed by atoms with Gasteiger partial charge in [0.2, 0.25) is 5.91 Å². The second kappa shape index (κ2) is 7.35. The molecule has 0 radical (unpaired) electrons. The molecule has 0 aliphatic carbocycles. The predicted octanol–water partition coefficient (Wildman–Crippen LogP) is 3.69. The van der Waals surface area contributed by atoms with E-state index in [1.54, 1.807) is 30.3 Å². The quantitative estimate of drug-likeness (QED) is 0.676. The molecular weight excluding hydrogens is 297 g/mol. The SMILES string of the molecule is COc1ccc(F)cc1C(=O)C=Cc1ccc(NC(C)=O)cc1. The standard InChI is InChI=1S/C18H16FNO3/c1-12(21)20-15-7-3-13(4-8-15)5-9-17(22)16-11-14(19)6-10-18(16)23-2/h3-11H,1-2H3,(H,20,21). The largest absolute Gasteiger partial charge is 0.496 e. The number of rotatable bonds is 5. The van der Waals surface area contributed by atoms with Gasteiger partial charge in [-0.1, -0.05) is 18.2 Å². The van der Waals surface area contributed by atoms with Crippen LogP contribution < -0.4 is 10.1 Å². The number of hydrogen-bond acceptors (Lipinski definition) is 3. The number of halogens is 1. The van der Waals surface area contributed by atoms with Crippen LogP contribution in [0.15, 0.2) is 48.5 Å². The Balaban J connectivity index is 2.15. The lowest BCUT2D eigenvalue weighted by atomic mass is 10.1. The van der Waals surface area contributed by atoms with Gasteiger partial charge in [0.15, 0.2) is 5.78 Å². The normalized spacial score (nSPS) is 10.6. The van der Waals surface area contributed by atoms with Crippen molar-refractivity contribution in [2.75, 3.05) is 12.4 Å². The van der Waals surface area contributed by atoms with Gasteiger partial charge in [-0.2, -0.15) is 0 Å². The van der Waals surface area contributed by atoms with E-state index >= 15 is 0 Å². The molecule has 5 heteroatoms. The molecule has 0 fully saturated rings. The Morgan fingerprint density at radius 1 is 1.13 bits per heavy atom. The third-order valence-corrected chi connectivity index (χ3v) is 3.09. The van der Waals surface area contributed by atoms with Crippen LogP contribution in [-0.2, 0) is 4.79 Å². The van der Waals surface area contributed by atoms with Gasteiger partial charge >= 0.3 is 0 Å². The molecule has 2 rings (SSSR count). The maximum absolute atomic E-state index is 13.3. The van der Waals surface area contributed by atoms with Crippen molar-refractivity contribution in [1.82, 2.24) is 0 Å². The summed E-state index contributed by atoms with van der Waals surface area (Å²) in [6.45, 7) is 1.43. The number of allylic oxidation sites excluding steroid dienone is 1. The van der Waals surface area contributed by atoms with Crippen LogP contribution in [-0.4, -0.2) is 18.8 Å². The van der Waals surface area contributed by atoms with Crippen molar-refractivity contribution in [3.8, 4) is 5.75 Å². The van der Waals surface area contributed by atoms with Crippen molar-refractivity contribution >= 4 is 23.5 Å². The van der Waals surface area contributed by atoms with E-state index in [2.05, 4.69) is 5.32 Å². The van der Waals surface area contributed by atoms with E-state index in [-0.39, 0.29) is 17.3 Å². The second-order valence-corrected chi connectivity index (χ2v) is 4.85. The van der Waals surface area contributed by atoms with Gasteiger partial charge in [-0.05, 0) is 42.0 Å². The van der Waals surface area contributed by atoms with Crippen molar-refractivity contribution in [3.63, 3.8) is 0 Å². The van der Waals surface area contributed by atoms with Crippen LogP contribution in [0, 0.1) is 5.82 Å². The summed E-state index contributed by atoms with van der Waals surface area (Å²) >= 11 is 0. The highest BCUT2D eigenvalue weighted by molar-refractivity contribution is 6.08. The monoisotopic (exact) mass is 313 g/mol. The Morgan fingerprint density at radius 3 is 2.43 bits per heavy atom. The minimum atomic E-state index is -0.498. The van der Waals surface area contributed by atoms with Crippen molar-refractivity contribution in [2.45, 2.75) is 6.92 Å². The Hall–Kier alpha value is -2.95. The van der Waals surface area contributed by atoms with E-state index < -0.39 is 5.82 Å². The van der Waals surface area contributed by atoms with E-state index in [0.717, 1.165) is 11.6 Å². The van der Waals surface area contributed by atoms with Crippen LogP contribution in [0.5, 0.6) is 5.75 Å². The highest BCUT2D eigenvalue weighted by Gasteiger charge is 2.10. The van der Waals surface area contributed by atoms with Crippen molar-refractivity contribution < 1.29 is 18.7 Å². The number of ketones is 1. The maximum atomic E-state index is 13.3. The summed E-state index contributed by atoms with van der Waals surface area (Å²) in [7, 11) is 1.43. The molecule has 2 aromatic rings. The number of carbonyl (C=O) groups is 2. The van der Waals surface area contributed by atoms with Crippen LogP contribution in [0.1, 0.15) is 22.8 Å². The lowest BCUT2D eigenvalue weighted by molar-refractivity contribution is -0.114. The van der Waals surface area contributed by atoms with Gasteiger partial charge in [-0.3, -0.25) is 9.59 Å². The number of anilines is 1. The average Bonchev–Trinajstić information content (AvgIpc) is 2.53. The topological polar surface area (TPSA) is 55.4 Å². The molecule has 0 aromatic heterocycles. The molecule has 2 aromatic carbocycles. The van der Waals surface area contributed by atoms with E-state index in [1.807, 2.05) is 0 Å². The second-order valence-electron chi connectivity index (χ2n) is 4.85. The highest BCUT2D eigenvalue weighted by atomic mass is 19.1. The summed E-state index contributed by atoms with van der Waals surface area (Å²) in [5.41, 5.74) is 1.62. The molecular formula is C18H16FNO3. The van der Waals surface area contributed by atoms with Crippen LogP contribution in [0.3, 0.4) is 0 Å². The minimum absolute atomic E-state index is 0.151. The molecule has 0 saturated heterocycles. The zero-order chi connectivity index (χ0) is 16.8. The number of hydrogen-bond donors (Lipinski definition) is 1. The lowest BCUT2D eigenvalue weighted by Crippen LogP contribution is -2.05. The first kappa shape index (κ1) is 16.4. The van der Waals surface area contributed by atoms with E-state index in [0.29, 0.717) is 11.4 Å². The summed E-state index contributed by atoms with van der Waals surface area (Å²) in [5.74, 6) is -0.682. The van der Waals surface area contributed by atoms with Crippen LogP contribution >= 0.6 is 0 Å². The summed E-state index contributed by atoms with van der Waals surface area (Å²) in [6.07, 6.45) is 2.97. The number of amides is 1. The molecule has 0 atom stereocenters. The van der Waals surface area contributed by atoms with E-state index in [1.165, 1.54) is 32.2 Å². The first-order chi connectivity index (χ1) is 11.0. The van der Waals surface area contributed by atoms with Gasteiger partial charge in [0.1, 0.15) is 11.6 Å². The van der Waals surface area contributed by atoms with E-state index in [9.17, 15) is 14.0 Å². The van der Waals surface area contributed by atoms with Gasteiger partial charge in [0.05, 0.1) is 12.7 Å². The Labute approximate surface area is 133 Å². The molecule has 4 nitrogen and oxygen atoms in total. The zero-order valence-corrected chi connectivity index (χ0v) is 12.8. The molecule has 0 bridgehead atoms. The van der Waals surface area contributed by atoms with E-state index in [4.69, 9.17) is 4.74 Å². The molecule has 0 aliphatic heterocycles. The summed E-state index contributed by atoms with van der Waals surface area (Å²) < 4.78 is 18.4. The van der Waals surface area contributed by atoms with Gasteiger partial charge in [0, 0.05) is 12.6 Å². The molecule has 0 aliphatic rings. The Morgan fingerprint density at radius 2 is 1.83 bits per heavy atom.